The van der Waals surface area contributed by atoms with Crippen molar-refractivity contribution in [2.75, 3.05) is 30.4 Å². The van der Waals surface area contributed by atoms with Crippen LogP contribution in [0.15, 0.2) is 23.1 Å². The first kappa shape index (κ1) is 18.7. The maximum Gasteiger partial charge on any atom is 0.275 e. The monoisotopic (exact) mass is 403 g/mol. The van der Waals surface area contributed by atoms with Crippen molar-refractivity contribution in [3.8, 4) is 0 Å². The largest absolute Gasteiger partial charge is 0.378 e. The van der Waals surface area contributed by atoms with Crippen LogP contribution in [0.4, 0.5) is 11.8 Å². The maximum atomic E-state index is 12.2. The highest BCUT2D eigenvalue weighted by Gasteiger charge is 2.27. The van der Waals surface area contributed by atoms with Crippen molar-refractivity contribution < 1.29 is 4.74 Å². The molecule has 0 unspecified atom stereocenters. The fourth-order valence-electron chi connectivity index (χ4n) is 3.14. The molecule has 10 heteroatoms. The van der Waals surface area contributed by atoms with Gasteiger partial charge < -0.3 is 19.9 Å². The van der Waals surface area contributed by atoms with Gasteiger partial charge in [0, 0.05) is 44.7 Å². The molecule has 0 spiro atoms. The molecule has 3 aromatic heterocycles. The summed E-state index contributed by atoms with van der Waals surface area (Å²) in [7, 11) is 1.71. The highest BCUT2D eigenvalue weighted by molar-refractivity contribution is 6.31. The lowest BCUT2D eigenvalue weighted by molar-refractivity contribution is 0.0783. The number of halogens is 1. The second-order valence-electron chi connectivity index (χ2n) is 6.80. The lowest BCUT2D eigenvalue weighted by atomic mass is 10.1. The lowest BCUT2D eigenvalue weighted by Crippen LogP contribution is -2.52. The van der Waals surface area contributed by atoms with Crippen LogP contribution in [0, 0.1) is 0 Å². The summed E-state index contributed by atoms with van der Waals surface area (Å²) >= 11 is 6.30. The molecule has 0 atom stereocenters. The Morgan fingerprint density at radius 3 is 2.96 bits per heavy atom. The molecule has 28 heavy (non-hydrogen) atoms. The van der Waals surface area contributed by atoms with Gasteiger partial charge in [-0.15, -0.1) is 5.10 Å². The second kappa shape index (κ2) is 7.76. The number of fused-ring (bicyclic) bond motifs is 1. The van der Waals surface area contributed by atoms with Crippen LogP contribution >= 0.6 is 11.6 Å². The zero-order valence-electron chi connectivity index (χ0n) is 15.8. The van der Waals surface area contributed by atoms with Crippen molar-refractivity contribution in [3.63, 3.8) is 0 Å². The summed E-state index contributed by atoms with van der Waals surface area (Å²) < 4.78 is 6.56. The third-order valence-corrected chi connectivity index (χ3v) is 5.11. The number of aromatic nitrogens is 5. The van der Waals surface area contributed by atoms with Crippen LogP contribution in [0.3, 0.4) is 0 Å². The standard InChI is InChI=1S/C18H22ClN7O2/c1-3-4-12-6-16(27)26-18(22-12)23-17(24-26)21-7-11-5-15(20-8-14(11)19)25-9-13(10-25)28-2/h5-6,8,13H,3-4,7,9-10H2,1-2H3,(H2,21,22,23,24). The molecule has 1 aliphatic rings. The normalized spacial score (nSPS) is 14.5. The quantitative estimate of drug-likeness (QED) is 0.621. The van der Waals surface area contributed by atoms with Gasteiger partial charge in [-0.25, -0.2) is 4.98 Å². The van der Waals surface area contributed by atoms with Crippen LogP contribution in [0.2, 0.25) is 5.02 Å². The van der Waals surface area contributed by atoms with Gasteiger partial charge in [0.15, 0.2) is 0 Å². The summed E-state index contributed by atoms with van der Waals surface area (Å²) in [6.07, 6.45) is 3.62. The molecule has 9 nitrogen and oxygen atoms in total. The summed E-state index contributed by atoms with van der Waals surface area (Å²) in [4.78, 5) is 26.2. The average Bonchev–Trinajstić information content (AvgIpc) is 3.05. The first-order valence-corrected chi connectivity index (χ1v) is 9.60. The van der Waals surface area contributed by atoms with Crippen LogP contribution in [-0.4, -0.2) is 50.9 Å². The molecule has 4 heterocycles. The molecule has 1 fully saturated rings. The number of ether oxygens (including phenoxy) is 1. The average molecular weight is 404 g/mol. The minimum absolute atomic E-state index is 0.201. The number of aromatic amines is 1. The number of hydrogen-bond acceptors (Lipinski definition) is 7. The Labute approximate surface area is 166 Å². The SMILES string of the molecule is CCCc1cc(=O)n2nc(NCc3cc(N4CC(OC)C4)ncc3Cl)nc2[nH]1. The Bertz CT molecular complexity index is 1040. The van der Waals surface area contributed by atoms with Crippen molar-refractivity contribution >= 4 is 29.1 Å². The molecule has 0 bridgehead atoms. The van der Waals surface area contributed by atoms with Crippen LogP contribution in [-0.2, 0) is 17.7 Å². The molecule has 148 valence electrons. The summed E-state index contributed by atoms with van der Waals surface area (Å²) in [5.41, 5.74) is 1.53. The zero-order chi connectivity index (χ0) is 19.7. The molecule has 1 saturated heterocycles. The van der Waals surface area contributed by atoms with Crippen LogP contribution < -0.4 is 15.8 Å². The van der Waals surface area contributed by atoms with Crippen molar-refractivity contribution in [1.29, 1.82) is 0 Å². The minimum Gasteiger partial charge on any atom is -0.378 e. The van der Waals surface area contributed by atoms with E-state index in [4.69, 9.17) is 16.3 Å². The number of H-pyrrole nitrogens is 1. The van der Waals surface area contributed by atoms with E-state index in [0.29, 0.717) is 23.3 Å². The Balaban J connectivity index is 1.50. The fourth-order valence-corrected chi connectivity index (χ4v) is 3.31. The molecule has 4 rings (SSSR count). The molecule has 0 radical (unpaired) electrons. The van der Waals surface area contributed by atoms with E-state index in [1.165, 1.54) is 4.52 Å². The van der Waals surface area contributed by atoms with E-state index in [1.807, 2.05) is 6.07 Å². The van der Waals surface area contributed by atoms with E-state index in [2.05, 4.69) is 37.2 Å². The third kappa shape index (κ3) is 3.67. The molecule has 0 aliphatic carbocycles. The molecule has 0 amide bonds. The summed E-state index contributed by atoms with van der Waals surface area (Å²) in [5, 5.41) is 7.92. The maximum absolute atomic E-state index is 12.2. The minimum atomic E-state index is -0.201. The summed E-state index contributed by atoms with van der Waals surface area (Å²) in [6, 6.07) is 3.50. The number of aryl methyl sites for hydroxylation is 1. The first-order valence-electron chi connectivity index (χ1n) is 9.22. The molecule has 3 aromatic rings. The Kier molecular flexibility index (Phi) is 5.19. The van der Waals surface area contributed by atoms with Gasteiger partial charge in [0.25, 0.3) is 5.56 Å². The van der Waals surface area contributed by atoms with E-state index in [1.54, 1.807) is 19.4 Å². The van der Waals surface area contributed by atoms with Gasteiger partial charge in [0.1, 0.15) is 5.82 Å². The molecule has 0 aromatic carbocycles. The molecule has 2 N–H and O–H groups in total. The Hall–Kier alpha value is -2.65. The van der Waals surface area contributed by atoms with Gasteiger partial charge in [-0.05, 0) is 18.1 Å². The fraction of sp³-hybridized carbons (Fsp3) is 0.444. The summed E-state index contributed by atoms with van der Waals surface area (Å²) in [5.74, 6) is 1.64. The predicted molar refractivity (Wildman–Crippen MR) is 107 cm³/mol. The predicted octanol–water partition coefficient (Wildman–Crippen LogP) is 1.87. The van der Waals surface area contributed by atoms with Gasteiger partial charge >= 0.3 is 0 Å². The van der Waals surface area contributed by atoms with Gasteiger partial charge in [0.05, 0.1) is 11.1 Å². The van der Waals surface area contributed by atoms with E-state index < -0.39 is 0 Å². The second-order valence-corrected chi connectivity index (χ2v) is 7.21. The number of anilines is 2. The number of rotatable bonds is 7. The number of nitrogens with one attached hydrogen (secondary N) is 2. The van der Waals surface area contributed by atoms with Gasteiger partial charge in [-0.1, -0.05) is 24.9 Å². The van der Waals surface area contributed by atoms with Gasteiger partial charge in [-0.3, -0.25) is 4.79 Å². The zero-order valence-corrected chi connectivity index (χ0v) is 16.5. The van der Waals surface area contributed by atoms with Crippen molar-refractivity contribution in [2.24, 2.45) is 0 Å². The Morgan fingerprint density at radius 2 is 2.21 bits per heavy atom. The van der Waals surface area contributed by atoms with Gasteiger partial charge in [-0.2, -0.15) is 9.50 Å². The molecular formula is C18H22ClN7O2. The van der Waals surface area contributed by atoms with E-state index in [0.717, 1.165) is 43.0 Å². The van der Waals surface area contributed by atoms with Crippen LogP contribution in [0.1, 0.15) is 24.6 Å². The molecular weight excluding hydrogens is 382 g/mol. The Morgan fingerprint density at radius 1 is 1.39 bits per heavy atom. The summed E-state index contributed by atoms with van der Waals surface area (Å²) in [6.45, 7) is 4.10. The topological polar surface area (TPSA) is 100 Å². The molecule has 1 aliphatic heterocycles. The van der Waals surface area contributed by atoms with Crippen molar-refractivity contribution in [1.82, 2.24) is 24.6 Å². The van der Waals surface area contributed by atoms with Crippen LogP contribution in [0.25, 0.3) is 5.78 Å². The number of pyridine rings is 1. The number of methoxy groups -OCH3 is 1. The van der Waals surface area contributed by atoms with E-state index >= 15 is 0 Å². The van der Waals surface area contributed by atoms with Crippen LogP contribution in [0.5, 0.6) is 0 Å². The lowest BCUT2D eigenvalue weighted by Gasteiger charge is -2.39. The van der Waals surface area contributed by atoms with E-state index in [9.17, 15) is 4.79 Å². The van der Waals surface area contributed by atoms with E-state index in [-0.39, 0.29) is 11.7 Å². The number of hydrogen-bond donors (Lipinski definition) is 2. The third-order valence-electron chi connectivity index (χ3n) is 4.77. The smallest absolute Gasteiger partial charge is 0.275 e. The number of nitrogens with zero attached hydrogens (tertiary/aromatic N) is 5. The molecule has 0 saturated carbocycles. The van der Waals surface area contributed by atoms with Crippen molar-refractivity contribution in [3.05, 3.63) is 45.0 Å². The first-order chi connectivity index (χ1) is 13.6. The highest BCUT2D eigenvalue weighted by Crippen LogP contribution is 2.25. The van der Waals surface area contributed by atoms with Gasteiger partial charge in [0.2, 0.25) is 11.7 Å². The highest BCUT2D eigenvalue weighted by atomic mass is 35.5. The van der Waals surface area contributed by atoms with Crippen molar-refractivity contribution in [2.45, 2.75) is 32.4 Å².